The first-order valence-electron chi connectivity index (χ1n) is 8.65. The summed E-state index contributed by atoms with van der Waals surface area (Å²) in [6.07, 6.45) is 3.13. The SMILES string of the molecule is COc1c(-c2ccc(-c3ccccc3)cc2)nc2ccncc2c1C(=O)NO. The van der Waals surface area contributed by atoms with Crippen LogP contribution in [0.5, 0.6) is 5.75 Å². The lowest BCUT2D eigenvalue weighted by Gasteiger charge is -2.15. The molecule has 0 aliphatic carbocycles. The number of methoxy groups -OCH3 is 1. The summed E-state index contributed by atoms with van der Waals surface area (Å²) < 4.78 is 5.51. The van der Waals surface area contributed by atoms with Gasteiger partial charge in [-0.05, 0) is 17.2 Å². The lowest BCUT2D eigenvalue weighted by atomic mass is 10.00. The van der Waals surface area contributed by atoms with E-state index in [1.165, 1.54) is 13.3 Å². The van der Waals surface area contributed by atoms with Gasteiger partial charge in [0, 0.05) is 23.3 Å². The number of hydroxylamine groups is 1. The second-order valence-electron chi connectivity index (χ2n) is 6.15. The Kier molecular flexibility index (Phi) is 4.70. The molecule has 0 spiro atoms. The summed E-state index contributed by atoms with van der Waals surface area (Å²) in [7, 11) is 1.47. The first-order valence-corrected chi connectivity index (χ1v) is 8.65. The molecule has 0 saturated heterocycles. The van der Waals surface area contributed by atoms with E-state index in [1.54, 1.807) is 17.7 Å². The molecule has 0 unspecified atom stereocenters. The highest BCUT2D eigenvalue weighted by Crippen LogP contribution is 2.36. The molecule has 2 aromatic carbocycles. The van der Waals surface area contributed by atoms with Crippen molar-refractivity contribution in [1.29, 1.82) is 0 Å². The van der Waals surface area contributed by atoms with Gasteiger partial charge in [-0.25, -0.2) is 10.5 Å². The third-order valence-corrected chi connectivity index (χ3v) is 4.54. The molecule has 0 bridgehead atoms. The van der Waals surface area contributed by atoms with Crippen LogP contribution in [0.2, 0.25) is 0 Å². The first-order chi connectivity index (χ1) is 13.7. The number of pyridine rings is 2. The van der Waals surface area contributed by atoms with Gasteiger partial charge in [0.15, 0.2) is 5.75 Å². The minimum Gasteiger partial charge on any atom is -0.494 e. The number of carbonyl (C=O) groups excluding carboxylic acids is 1. The summed E-state index contributed by atoms with van der Waals surface area (Å²) in [5.41, 5.74) is 5.94. The van der Waals surface area contributed by atoms with E-state index in [4.69, 9.17) is 4.74 Å². The molecule has 0 aliphatic rings. The molecule has 0 atom stereocenters. The van der Waals surface area contributed by atoms with E-state index >= 15 is 0 Å². The van der Waals surface area contributed by atoms with E-state index in [1.807, 2.05) is 54.6 Å². The lowest BCUT2D eigenvalue weighted by molar-refractivity contribution is 0.0705. The van der Waals surface area contributed by atoms with Gasteiger partial charge in [-0.3, -0.25) is 15.0 Å². The average molecular weight is 371 g/mol. The molecule has 0 radical (unpaired) electrons. The van der Waals surface area contributed by atoms with Crippen molar-refractivity contribution in [2.45, 2.75) is 0 Å². The number of ether oxygens (including phenoxy) is 1. The Hall–Kier alpha value is -3.77. The number of fused-ring (bicyclic) bond motifs is 1. The zero-order valence-corrected chi connectivity index (χ0v) is 15.1. The second kappa shape index (κ2) is 7.46. The van der Waals surface area contributed by atoms with Crippen molar-refractivity contribution < 1.29 is 14.7 Å². The van der Waals surface area contributed by atoms with Crippen LogP contribution in [-0.2, 0) is 0 Å². The van der Waals surface area contributed by atoms with Gasteiger partial charge in [0.1, 0.15) is 5.69 Å². The van der Waals surface area contributed by atoms with E-state index in [9.17, 15) is 10.0 Å². The number of rotatable bonds is 4. The minimum absolute atomic E-state index is 0.185. The molecule has 2 aromatic heterocycles. The maximum absolute atomic E-state index is 12.3. The molecule has 28 heavy (non-hydrogen) atoms. The largest absolute Gasteiger partial charge is 0.494 e. The average Bonchev–Trinajstić information content (AvgIpc) is 2.78. The highest BCUT2D eigenvalue weighted by molar-refractivity contribution is 6.09. The van der Waals surface area contributed by atoms with Crippen molar-refractivity contribution in [2.24, 2.45) is 0 Å². The van der Waals surface area contributed by atoms with E-state index in [0.717, 1.165) is 16.7 Å². The maximum Gasteiger partial charge on any atom is 0.279 e. The molecular weight excluding hydrogens is 354 g/mol. The van der Waals surface area contributed by atoms with Crippen LogP contribution >= 0.6 is 0 Å². The summed E-state index contributed by atoms with van der Waals surface area (Å²) in [6, 6.07) is 19.6. The molecule has 2 N–H and O–H groups in total. The fourth-order valence-corrected chi connectivity index (χ4v) is 3.22. The Morgan fingerprint density at radius 1 is 0.964 bits per heavy atom. The molecule has 6 heteroatoms. The van der Waals surface area contributed by atoms with Crippen molar-refractivity contribution in [2.75, 3.05) is 7.11 Å². The molecule has 4 rings (SSSR count). The third kappa shape index (κ3) is 3.06. The fourth-order valence-electron chi connectivity index (χ4n) is 3.22. The number of hydrogen-bond acceptors (Lipinski definition) is 5. The van der Waals surface area contributed by atoms with Crippen molar-refractivity contribution >= 4 is 16.8 Å². The van der Waals surface area contributed by atoms with Crippen LogP contribution in [0.3, 0.4) is 0 Å². The zero-order chi connectivity index (χ0) is 19.5. The molecule has 0 saturated carbocycles. The van der Waals surface area contributed by atoms with Crippen molar-refractivity contribution in [1.82, 2.24) is 15.4 Å². The number of hydrogen-bond donors (Lipinski definition) is 2. The van der Waals surface area contributed by atoms with Crippen LogP contribution in [-0.4, -0.2) is 28.2 Å². The Bertz CT molecular complexity index is 1140. The topological polar surface area (TPSA) is 84.3 Å². The van der Waals surface area contributed by atoms with Crippen LogP contribution in [0.4, 0.5) is 0 Å². The second-order valence-corrected chi connectivity index (χ2v) is 6.15. The van der Waals surface area contributed by atoms with Crippen LogP contribution < -0.4 is 10.2 Å². The number of nitrogens with one attached hydrogen (secondary N) is 1. The minimum atomic E-state index is -0.681. The van der Waals surface area contributed by atoms with Gasteiger partial charge in [-0.15, -0.1) is 0 Å². The maximum atomic E-state index is 12.3. The number of aromatic nitrogens is 2. The van der Waals surface area contributed by atoms with Gasteiger partial charge in [0.25, 0.3) is 5.91 Å². The van der Waals surface area contributed by atoms with Crippen LogP contribution in [0.1, 0.15) is 10.4 Å². The van der Waals surface area contributed by atoms with Gasteiger partial charge in [-0.2, -0.15) is 0 Å². The highest BCUT2D eigenvalue weighted by Gasteiger charge is 2.22. The van der Waals surface area contributed by atoms with Crippen molar-refractivity contribution in [3.8, 4) is 28.1 Å². The number of benzene rings is 2. The van der Waals surface area contributed by atoms with Crippen LogP contribution in [0, 0.1) is 0 Å². The Morgan fingerprint density at radius 3 is 2.32 bits per heavy atom. The van der Waals surface area contributed by atoms with E-state index in [0.29, 0.717) is 16.6 Å². The van der Waals surface area contributed by atoms with Crippen molar-refractivity contribution in [3.05, 3.63) is 78.6 Å². The van der Waals surface area contributed by atoms with Gasteiger partial charge in [-0.1, -0.05) is 54.6 Å². The number of carbonyl (C=O) groups is 1. The molecule has 1 amide bonds. The summed E-state index contributed by atoms with van der Waals surface area (Å²) >= 11 is 0. The summed E-state index contributed by atoms with van der Waals surface area (Å²) in [6.45, 7) is 0. The van der Waals surface area contributed by atoms with E-state index in [-0.39, 0.29) is 11.3 Å². The predicted molar refractivity (Wildman–Crippen MR) is 106 cm³/mol. The Balaban J connectivity index is 1.90. The predicted octanol–water partition coefficient (Wildman–Crippen LogP) is 4.09. The molecule has 2 heterocycles. The van der Waals surface area contributed by atoms with Crippen LogP contribution in [0.25, 0.3) is 33.3 Å². The van der Waals surface area contributed by atoms with Crippen LogP contribution in [0.15, 0.2) is 73.1 Å². The summed E-state index contributed by atoms with van der Waals surface area (Å²) in [5.74, 6) is -0.404. The van der Waals surface area contributed by atoms with E-state index < -0.39 is 5.91 Å². The molecule has 138 valence electrons. The highest BCUT2D eigenvalue weighted by atomic mass is 16.5. The summed E-state index contributed by atoms with van der Waals surface area (Å²) in [5, 5.41) is 9.69. The van der Waals surface area contributed by atoms with Gasteiger partial charge in [0.2, 0.25) is 0 Å². The fraction of sp³-hybridized carbons (Fsp3) is 0.0455. The Labute approximate surface area is 161 Å². The normalized spacial score (nSPS) is 10.6. The molecule has 4 aromatic rings. The third-order valence-electron chi connectivity index (χ3n) is 4.54. The smallest absolute Gasteiger partial charge is 0.279 e. The summed E-state index contributed by atoms with van der Waals surface area (Å²) in [4.78, 5) is 21.1. The number of nitrogens with zero attached hydrogens (tertiary/aromatic N) is 2. The standard InChI is InChI=1S/C22H17N3O3/c1-28-21-19(22(26)25-27)17-13-23-12-11-18(17)24-20(21)16-9-7-15(8-10-16)14-5-3-2-4-6-14/h2-13,27H,1H3,(H,25,26). The molecular formula is C22H17N3O3. The quantitative estimate of drug-likeness (QED) is 0.417. The first kappa shape index (κ1) is 17.6. The monoisotopic (exact) mass is 371 g/mol. The van der Waals surface area contributed by atoms with E-state index in [2.05, 4.69) is 9.97 Å². The van der Waals surface area contributed by atoms with Crippen molar-refractivity contribution in [3.63, 3.8) is 0 Å². The zero-order valence-electron chi connectivity index (χ0n) is 15.1. The van der Waals surface area contributed by atoms with Gasteiger partial charge >= 0.3 is 0 Å². The number of amides is 1. The molecule has 6 nitrogen and oxygen atoms in total. The molecule has 0 aliphatic heterocycles. The Morgan fingerprint density at radius 2 is 1.64 bits per heavy atom. The van der Waals surface area contributed by atoms with Gasteiger partial charge in [0.05, 0.1) is 18.2 Å². The van der Waals surface area contributed by atoms with Gasteiger partial charge < -0.3 is 4.74 Å². The lowest BCUT2D eigenvalue weighted by Crippen LogP contribution is -2.20. The molecule has 0 fully saturated rings.